The molecule has 3 aromatic carbocycles. The fourth-order valence-corrected chi connectivity index (χ4v) is 9.48. The molecule has 3 heterocycles. The Morgan fingerprint density at radius 2 is 1.79 bits per heavy atom. The molecule has 0 radical (unpaired) electrons. The molecule has 0 bridgehead atoms. The topological polar surface area (TPSA) is 89.4 Å². The van der Waals surface area contributed by atoms with Crippen LogP contribution in [0, 0.1) is 11.2 Å². The molecule has 1 saturated heterocycles. The number of nitrogens with zero attached hydrogens (tertiary/aromatic N) is 3. The van der Waals surface area contributed by atoms with Crippen LogP contribution in [0.2, 0.25) is 0 Å². The van der Waals surface area contributed by atoms with Crippen molar-refractivity contribution < 1.29 is 32.2 Å². The number of phenols is 1. The maximum absolute atomic E-state index is 16.5. The molecule has 1 spiro atoms. The minimum atomic E-state index is -4.84. The van der Waals surface area contributed by atoms with Gasteiger partial charge in [0, 0.05) is 46.4 Å². The van der Waals surface area contributed by atoms with Crippen molar-refractivity contribution in [1.29, 1.82) is 0 Å². The molecule has 2 atom stereocenters. The van der Waals surface area contributed by atoms with Crippen molar-refractivity contribution in [3.05, 3.63) is 94.8 Å². The van der Waals surface area contributed by atoms with Crippen LogP contribution in [0.15, 0.2) is 82.9 Å². The summed E-state index contributed by atoms with van der Waals surface area (Å²) in [5, 5.41) is 18.2. The quantitative estimate of drug-likeness (QED) is 0.217. The Bertz CT molecular complexity index is 2020. The number of alkyl halides is 3. The first-order valence-electron chi connectivity index (χ1n) is 17.3. The Morgan fingerprint density at radius 3 is 2.47 bits per heavy atom. The number of hydrogen-bond donors (Lipinski definition) is 3. The first-order chi connectivity index (χ1) is 24.9. The highest BCUT2D eigenvalue weighted by molar-refractivity contribution is 8.15. The zero-order valence-electron chi connectivity index (χ0n) is 29.7. The predicted octanol–water partition coefficient (Wildman–Crippen LogP) is 9.92. The Morgan fingerprint density at radius 1 is 1.09 bits per heavy atom. The lowest BCUT2D eigenvalue weighted by Crippen LogP contribution is -2.47. The van der Waals surface area contributed by atoms with Crippen LogP contribution in [0.1, 0.15) is 51.7 Å². The summed E-state index contributed by atoms with van der Waals surface area (Å²) in [7, 11) is 0. The molecule has 7 rings (SSSR count). The zero-order chi connectivity index (χ0) is 37.9. The number of aliphatic imine (C=N–C) groups is 1. The highest BCUT2D eigenvalue weighted by Crippen LogP contribution is 2.57. The largest absolute Gasteiger partial charge is 0.573 e. The molecular weight excluding hydrogens is 730 g/mol. The number of likely N-dealkylation sites (tertiary alicyclic amines) is 1. The summed E-state index contributed by atoms with van der Waals surface area (Å²) in [6, 6.07) is 12.4. The predicted molar refractivity (Wildman–Crippen MR) is 203 cm³/mol. The first kappa shape index (κ1) is 37.1. The number of halogens is 5. The molecule has 1 aliphatic carbocycles. The number of benzene rings is 3. The summed E-state index contributed by atoms with van der Waals surface area (Å²) in [6.07, 6.45) is 2.29. The third kappa shape index (κ3) is 7.61. The van der Waals surface area contributed by atoms with Crippen molar-refractivity contribution in [2.75, 3.05) is 41.7 Å². The molecule has 0 aromatic heterocycles. The van der Waals surface area contributed by atoms with Gasteiger partial charge >= 0.3 is 12.4 Å². The van der Waals surface area contributed by atoms with E-state index < -0.39 is 34.9 Å². The number of rotatable bonds is 6. The molecule has 4 aliphatic rings. The number of phenolic OH excluding ortho intramolecular Hbond substituents is 1. The van der Waals surface area contributed by atoms with Gasteiger partial charge in [-0.25, -0.2) is 9.18 Å². The lowest BCUT2D eigenvalue weighted by Gasteiger charge is -2.42. The van der Waals surface area contributed by atoms with Gasteiger partial charge in [-0.1, -0.05) is 62.3 Å². The molecule has 0 saturated carbocycles. The van der Waals surface area contributed by atoms with Crippen LogP contribution in [0.25, 0.3) is 0 Å². The van der Waals surface area contributed by atoms with Gasteiger partial charge in [-0.2, -0.15) is 0 Å². The summed E-state index contributed by atoms with van der Waals surface area (Å²) < 4.78 is 58.3. The number of aromatic hydroxyl groups is 1. The van der Waals surface area contributed by atoms with Gasteiger partial charge in [-0.15, -0.1) is 13.2 Å². The number of fused-ring (bicyclic) bond motifs is 3. The van der Waals surface area contributed by atoms with E-state index in [1.807, 2.05) is 42.2 Å². The van der Waals surface area contributed by atoms with Crippen molar-refractivity contribution in [3.63, 3.8) is 0 Å². The van der Waals surface area contributed by atoms with Crippen molar-refractivity contribution in [2.24, 2.45) is 10.4 Å². The molecule has 1 fully saturated rings. The summed E-state index contributed by atoms with van der Waals surface area (Å²) in [5.74, 6) is -1.18. The summed E-state index contributed by atoms with van der Waals surface area (Å²) in [5.41, 5.74) is 1.66. The van der Waals surface area contributed by atoms with Crippen LogP contribution in [0.3, 0.4) is 0 Å². The second kappa shape index (κ2) is 13.6. The molecule has 8 nitrogen and oxygen atoms in total. The van der Waals surface area contributed by atoms with Gasteiger partial charge in [0.15, 0.2) is 0 Å². The van der Waals surface area contributed by atoms with E-state index >= 15 is 4.39 Å². The number of allylic oxidation sites excluding steroid dienone is 2. The number of anilines is 4. The first-order valence-corrected chi connectivity index (χ1v) is 18.6. The molecule has 3 aliphatic heterocycles. The van der Waals surface area contributed by atoms with E-state index in [0.29, 0.717) is 57.7 Å². The standard InChI is InChI=1S/C39H40ClF4N5O3S/c1-36(2,3)21-48-17-15-38(16-18-48)22-49(28-8-6-5-7-27(28)46-35(51)45-24-10-12-25(13-11-24)52-39(42,43)44)33-29(50)19-26(41)31(32(33)38)34-47-37(4)20-23(40)9-14-30(37)53-34/h5-14,19-20,30,50H,15-18,21-22H2,1-4H3,(H2,45,46,51). The van der Waals surface area contributed by atoms with Crippen molar-refractivity contribution in [3.8, 4) is 11.5 Å². The minimum Gasteiger partial charge on any atom is -0.506 e. The normalized spacial score (nSPS) is 22.3. The van der Waals surface area contributed by atoms with Crippen molar-refractivity contribution >= 4 is 57.2 Å². The Labute approximate surface area is 314 Å². The maximum atomic E-state index is 16.5. The Hall–Kier alpha value is -4.20. The minimum absolute atomic E-state index is 0.0808. The van der Waals surface area contributed by atoms with Crippen LogP contribution < -0.4 is 20.3 Å². The van der Waals surface area contributed by atoms with E-state index in [1.54, 1.807) is 12.1 Å². The molecular formula is C39H40ClF4N5O3S. The van der Waals surface area contributed by atoms with E-state index in [0.717, 1.165) is 37.8 Å². The van der Waals surface area contributed by atoms with Crippen LogP contribution in [-0.2, 0) is 5.41 Å². The molecule has 2 unspecified atom stereocenters. The molecule has 3 aromatic rings. The fraction of sp³-hybridized carbons (Fsp3) is 0.385. The van der Waals surface area contributed by atoms with Crippen LogP contribution in [0.4, 0.5) is 45.1 Å². The van der Waals surface area contributed by atoms with E-state index in [1.165, 1.54) is 23.9 Å². The average Bonchev–Trinajstić information content (AvgIpc) is 3.57. The molecule has 53 heavy (non-hydrogen) atoms. The SMILES string of the molecule is CC(C)(C)CN1CCC2(CC1)CN(c1ccccc1NC(=O)Nc1ccc(OC(F)(F)F)cc1)c1c(O)cc(F)c(C3=NC4(C)C=C(Cl)C=CC4S3)c12. The third-order valence-corrected chi connectivity index (χ3v) is 11.7. The summed E-state index contributed by atoms with van der Waals surface area (Å²) in [4.78, 5) is 22.7. The number of para-hydroxylation sites is 2. The van der Waals surface area contributed by atoms with Gasteiger partial charge in [-0.3, -0.25) is 4.99 Å². The maximum Gasteiger partial charge on any atom is 0.573 e. The molecule has 2 amide bonds. The number of nitrogens with one attached hydrogen (secondary N) is 2. The van der Waals surface area contributed by atoms with Gasteiger partial charge in [0.05, 0.1) is 27.9 Å². The average molecular weight is 770 g/mol. The molecule has 280 valence electrons. The van der Waals surface area contributed by atoms with Gasteiger partial charge in [0.2, 0.25) is 0 Å². The number of hydrogen-bond acceptors (Lipinski definition) is 7. The fourth-order valence-electron chi connectivity index (χ4n) is 7.87. The van der Waals surface area contributed by atoms with E-state index in [-0.39, 0.29) is 22.1 Å². The number of carbonyl (C=O) groups excluding carboxylic acids is 1. The van der Waals surface area contributed by atoms with Crippen molar-refractivity contribution in [1.82, 2.24) is 4.90 Å². The van der Waals surface area contributed by atoms with Gasteiger partial charge in [0.1, 0.15) is 22.4 Å². The van der Waals surface area contributed by atoms with Crippen molar-refractivity contribution in [2.45, 2.75) is 63.1 Å². The Balaban J connectivity index is 1.26. The molecule has 14 heteroatoms. The second-order valence-corrected chi connectivity index (χ2v) is 17.0. The number of urea groups is 1. The van der Waals surface area contributed by atoms with Crippen LogP contribution in [0.5, 0.6) is 11.5 Å². The van der Waals surface area contributed by atoms with E-state index in [2.05, 4.69) is 41.0 Å². The van der Waals surface area contributed by atoms with Crippen LogP contribution in [-0.4, -0.2) is 64.4 Å². The van der Waals surface area contributed by atoms with Crippen LogP contribution >= 0.6 is 23.4 Å². The van der Waals surface area contributed by atoms with Gasteiger partial charge in [0.25, 0.3) is 0 Å². The highest BCUT2D eigenvalue weighted by atomic mass is 35.5. The van der Waals surface area contributed by atoms with Gasteiger partial charge < -0.3 is 30.3 Å². The number of piperidine rings is 1. The smallest absolute Gasteiger partial charge is 0.506 e. The van der Waals surface area contributed by atoms with E-state index in [9.17, 15) is 23.1 Å². The number of amides is 2. The van der Waals surface area contributed by atoms with Gasteiger partial charge in [-0.05, 0) is 86.8 Å². The zero-order valence-corrected chi connectivity index (χ0v) is 31.2. The number of carbonyl (C=O) groups is 1. The monoisotopic (exact) mass is 769 g/mol. The lowest BCUT2D eigenvalue weighted by molar-refractivity contribution is -0.274. The third-order valence-electron chi connectivity index (χ3n) is 10.0. The number of ether oxygens (including phenoxy) is 1. The second-order valence-electron chi connectivity index (χ2n) is 15.4. The lowest BCUT2D eigenvalue weighted by atomic mass is 9.72. The Kier molecular flexibility index (Phi) is 9.51. The highest BCUT2D eigenvalue weighted by Gasteiger charge is 2.51. The summed E-state index contributed by atoms with van der Waals surface area (Å²) in [6.45, 7) is 11.5. The number of thioether (sulfide) groups is 1. The summed E-state index contributed by atoms with van der Waals surface area (Å²) >= 11 is 7.88. The molecule has 3 N–H and O–H groups in total. The van der Waals surface area contributed by atoms with E-state index in [4.69, 9.17) is 16.6 Å².